The van der Waals surface area contributed by atoms with Gasteiger partial charge >= 0.3 is 0 Å². The highest BCUT2D eigenvalue weighted by Gasteiger charge is 2.54. The van der Waals surface area contributed by atoms with Crippen molar-refractivity contribution in [3.05, 3.63) is 0 Å². The molecule has 52 valence electrons. The zero-order chi connectivity index (χ0) is 6.48. The molecule has 3 atom stereocenters. The van der Waals surface area contributed by atoms with Crippen molar-refractivity contribution >= 4 is 0 Å². The minimum Gasteiger partial charge on any atom is -0.327 e. The highest BCUT2D eigenvalue weighted by Crippen LogP contribution is 2.50. The van der Waals surface area contributed by atoms with Gasteiger partial charge in [0.2, 0.25) is 0 Å². The molecule has 0 radical (unpaired) electrons. The van der Waals surface area contributed by atoms with Gasteiger partial charge in [-0.2, -0.15) is 0 Å². The molecule has 3 N–H and O–H groups in total. The predicted molar refractivity (Wildman–Crippen MR) is 37.1 cm³/mol. The Kier molecular flexibility index (Phi) is 0.945. The molecule has 2 nitrogen and oxygen atoms in total. The van der Waals surface area contributed by atoms with Gasteiger partial charge < -0.3 is 11.1 Å². The molecule has 1 heterocycles. The lowest BCUT2D eigenvalue weighted by Crippen LogP contribution is -2.18. The van der Waals surface area contributed by atoms with Crippen LogP contribution in [0.1, 0.15) is 19.8 Å². The topological polar surface area (TPSA) is 38.0 Å². The average Bonchev–Trinajstić information content (AvgIpc) is 2.17. The van der Waals surface area contributed by atoms with Gasteiger partial charge in [0.25, 0.3) is 0 Å². The fourth-order valence-electron chi connectivity index (χ4n) is 1.95. The Labute approximate surface area is 55.8 Å². The predicted octanol–water partition coefficient (Wildman–Crippen LogP) is 0.0856. The fraction of sp³-hybridized carbons (Fsp3) is 1.00. The molecule has 0 aromatic heterocycles. The number of nitrogens with one attached hydrogen (secondary N) is 1. The average molecular weight is 126 g/mol. The molecular weight excluding hydrogens is 112 g/mol. The lowest BCUT2D eigenvalue weighted by Gasteiger charge is -2.02. The number of nitrogens with two attached hydrogens (primary N) is 1. The summed E-state index contributed by atoms with van der Waals surface area (Å²) in [6.45, 7) is 3.40. The second-order valence-electron chi connectivity index (χ2n) is 3.66. The Balaban J connectivity index is 2.03. The summed E-state index contributed by atoms with van der Waals surface area (Å²) in [5.74, 6) is 0. The maximum absolute atomic E-state index is 5.78. The first-order valence-electron chi connectivity index (χ1n) is 3.72. The Bertz CT molecular complexity index is 133. The maximum Gasteiger partial charge on any atom is 0.0115 e. The molecule has 2 fully saturated rings. The lowest BCUT2D eigenvalue weighted by atomic mass is 10.0. The van der Waals surface area contributed by atoms with Crippen LogP contribution >= 0.6 is 0 Å². The van der Waals surface area contributed by atoms with Crippen molar-refractivity contribution < 1.29 is 0 Å². The standard InChI is InChI=1S/C7H14N2/c1-5-2-7(4-9-5)3-6(7)8/h5-6,9H,2-4,8H2,1H3. The van der Waals surface area contributed by atoms with Crippen LogP contribution in [0.5, 0.6) is 0 Å². The minimum absolute atomic E-state index is 0.509. The van der Waals surface area contributed by atoms with Gasteiger partial charge in [-0.05, 0) is 19.8 Å². The second-order valence-corrected chi connectivity index (χ2v) is 3.66. The van der Waals surface area contributed by atoms with E-state index in [-0.39, 0.29) is 0 Å². The van der Waals surface area contributed by atoms with Crippen LogP contribution in [0.2, 0.25) is 0 Å². The van der Waals surface area contributed by atoms with E-state index in [1.165, 1.54) is 12.8 Å². The van der Waals surface area contributed by atoms with Crippen molar-refractivity contribution in [3.63, 3.8) is 0 Å². The third-order valence-corrected chi connectivity index (χ3v) is 2.77. The normalized spacial score (nSPS) is 56.7. The molecule has 0 aromatic carbocycles. The van der Waals surface area contributed by atoms with E-state index in [4.69, 9.17) is 5.73 Å². The molecule has 0 amide bonds. The number of rotatable bonds is 0. The lowest BCUT2D eigenvalue weighted by molar-refractivity contribution is 0.533. The SMILES string of the molecule is CC1CC2(CN1)CC2N. The Morgan fingerprint density at radius 1 is 1.56 bits per heavy atom. The molecule has 2 aliphatic rings. The maximum atomic E-state index is 5.78. The van der Waals surface area contributed by atoms with Gasteiger partial charge in [0.15, 0.2) is 0 Å². The van der Waals surface area contributed by atoms with E-state index < -0.39 is 0 Å². The molecule has 1 aliphatic heterocycles. The van der Waals surface area contributed by atoms with Crippen LogP contribution in [0.4, 0.5) is 0 Å². The monoisotopic (exact) mass is 126 g/mol. The van der Waals surface area contributed by atoms with E-state index in [0.29, 0.717) is 17.5 Å². The van der Waals surface area contributed by atoms with E-state index in [1.807, 2.05) is 0 Å². The van der Waals surface area contributed by atoms with Crippen molar-refractivity contribution in [2.45, 2.75) is 31.8 Å². The van der Waals surface area contributed by atoms with Gasteiger partial charge in [0.05, 0.1) is 0 Å². The molecule has 1 aliphatic carbocycles. The van der Waals surface area contributed by atoms with Crippen LogP contribution in [-0.2, 0) is 0 Å². The Morgan fingerprint density at radius 3 is 2.44 bits per heavy atom. The quantitative estimate of drug-likeness (QED) is 0.482. The summed E-state index contributed by atoms with van der Waals surface area (Å²) in [7, 11) is 0. The molecule has 3 unspecified atom stereocenters. The van der Waals surface area contributed by atoms with E-state index in [2.05, 4.69) is 12.2 Å². The molecular formula is C7H14N2. The van der Waals surface area contributed by atoms with Crippen molar-refractivity contribution in [3.8, 4) is 0 Å². The summed E-state index contributed by atoms with van der Waals surface area (Å²) in [5, 5.41) is 3.42. The van der Waals surface area contributed by atoms with Crippen molar-refractivity contribution in [1.29, 1.82) is 0 Å². The minimum atomic E-state index is 0.509. The molecule has 1 saturated heterocycles. The summed E-state index contributed by atoms with van der Waals surface area (Å²) in [6.07, 6.45) is 2.55. The second kappa shape index (κ2) is 1.50. The van der Waals surface area contributed by atoms with Gasteiger partial charge in [0.1, 0.15) is 0 Å². The smallest absolute Gasteiger partial charge is 0.0115 e. The van der Waals surface area contributed by atoms with Gasteiger partial charge in [-0.1, -0.05) is 0 Å². The molecule has 1 saturated carbocycles. The molecule has 9 heavy (non-hydrogen) atoms. The van der Waals surface area contributed by atoms with Crippen LogP contribution in [-0.4, -0.2) is 18.6 Å². The summed E-state index contributed by atoms with van der Waals surface area (Å²) in [4.78, 5) is 0. The number of hydrogen-bond donors (Lipinski definition) is 2. The first kappa shape index (κ1) is 5.69. The van der Waals surface area contributed by atoms with Gasteiger partial charge in [-0.15, -0.1) is 0 Å². The van der Waals surface area contributed by atoms with Crippen molar-refractivity contribution in [2.24, 2.45) is 11.1 Å². The number of hydrogen-bond acceptors (Lipinski definition) is 2. The van der Waals surface area contributed by atoms with E-state index in [1.54, 1.807) is 0 Å². The third kappa shape index (κ3) is 0.700. The van der Waals surface area contributed by atoms with E-state index >= 15 is 0 Å². The Hall–Kier alpha value is -0.0800. The van der Waals surface area contributed by atoms with E-state index in [0.717, 1.165) is 6.54 Å². The third-order valence-electron chi connectivity index (χ3n) is 2.77. The first-order chi connectivity index (χ1) is 4.23. The highest BCUT2D eigenvalue weighted by atomic mass is 15.0. The van der Waals surface area contributed by atoms with Gasteiger partial charge in [-0.3, -0.25) is 0 Å². The van der Waals surface area contributed by atoms with Crippen LogP contribution in [0.3, 0.4) is 0 Å². The summed E-state index contributed by atoms with van der Waals surface area (Å²) in [6, 6.07) is 1.22. The zero-order valence-corrected chi connectivity index (χ0v) is 5.85. The molecule has 0 bridgehead atoms. The van der Waals surface area contributed by atoms with Crippen molar-refractivity contribution in [1.82, 2.24) is 5.32 Å². The highest BCUT2D eigenvalue weighted by molar-refractivity contribution is 5.11. The van der Waals surface area contributed by atoms with Crippen LogP contribution in [0, 0.1) is 5.41 Å². The molecule has 0 aromatic rings. The van der Waals surface area contributed by atoms with Crippen LogP contribution in [0.15, 0.2) is 0 Å². The molecule has 1 spiro atoms. The summed E-state index contributed by atoms with van der Waals surface area (Å²) in [5.41, 5.74) is 6.33. The van der Waals surface area contributed by atoms with E-state index in [9.17, 15) is 0 Å². The zero-order valence-electron chi connectivity index (χ0n) is 5.85. The molecule has 2 rings (SSSR count). The molecule has 2 heteroatoms. The van der Waals surface area contributed by atoms with Gasteiger partial charge in [-0.25, -0.2) is 0 Å². The summed E-state index contributed by atoms with van der Waals surface area (Å²) >= 11 is 0. The van der Waals surface area contributed by atoms with Crippen LogP contribution in [0.25, 0.3) is 0 Å². The first-order valence-corrected chi connectivity index (χ1v) is 3.72. The Morgan fingerprint density at radius 2 is 2.22 bits per heavy atom. The largest absolute Gasteiger partial charge is 0.327 e. The fourth-order valence-corrected chi connectivity index (χ4v) is 1.95. The van der Waals surface area contributed by atoms with Crippen molar-refractivity contribution in [2.75, 3.05) is 6.54 Å². The summed E-state index contributed by atoms with van der Waals surface area (Å²) < 4.78 is 0. The van der Waals surface area contributed by atoms with Crippen LogP contribution < -0.4 is 11.1 Å². The van der Waals surface area contributed by atoms with Gasteiger partial charge in [0, 0.05) is 24.0 Å².